The maximum Gasteiger partial charge on any atom is 0.242 e. The van der Waals surface area contributed by atoms with Crippen LogP contribution in [0.5, 0.6) is 5.75 Å². The number of benzene rings is 1. The Morgan fingerprint density at radius 3 is 2.65 bits per heavy atom. The third-order valence-corrected chi connectivity index (χ3v) is 3.55. The molecule has 0 radical (unpaired) electrons. The summed E-state index contributed by atoms with van der Waals surface area (Å²) < 4.78 is 7.22. The van der Waals surface area contributed by atoms with Gasteiger partial charge in [0, 0.05) is 12.6 Å². The van der Waals surface area contributed by atoms with E-state index in [1.807, 2.05) is 38.1 Å². The second-order valence-electron chi connectivity index (χ2n) is 5.63. The molecule has 1 unspecified atom stereocenters. The fraction of sp³-hybridized carbons (Fsp3) is 0.412. The van der Waals surface area contributed by atoms with Crippen LogP contribution in [0.1, 0.15) is 31.5 Å². The Morgan fingerprint density at radius 2 is 2.09 bits per heavy atom. The Balaban J connectivity index is 1.83. The normalized spacial score (nSPS) is 12.0. The minimum absolute atomic E-state index is 0.120. The molecule has 1 aromatic carbocycles. The van der Waals surface area contributed by atoms with Crippen LogP contribution >= 0.6 is 0 Å². The third-order valence-electron chi connectivity index (χ3n) is 3.55. The van der Waals surface area contributed by atoms with Gasteiger partial charge in [-0.15, -0.1) is 0 Å². The monoisotopic (exact) mass is 316 g/mol. The number of amides is 1. The molecule has 6 nitrogen and oxygen atoms in total. The Morgan fingerprint density at radius 1 is 1.39 bits per heavy atom. The van der Waals surface area contributed by atoms with Gasteiger partial charge in [-0.25, -0.2) is 4.68 Å². The molecule has 1 amide bonds. The standard InChI is InChI=1S/C17H24N4O2/c1-4-13(3)23-15-7-5-14(6-8-15)10-19-17(22)11-21-16(18)9-12(2)20-21/h5-9,13H,4,10-11,18H2,1-3H3,(H,19,22). The highest BCUT2D eigenvalue weighted by atomic mass is 16.5. The first-order chi connectivity index (χ1) is 11.0. The first-order valence-electron chi connectivity index (χ1n) is 7.80. The van der Waals surface area contributed by atoms with E-state index in [4.69, 9.17) is 10.5 Å². The second kappa shape index (κ2) is 7.67. The van der Waals surface area contributed by atoms with Crippen molar-refractivity contribution in [2.75, 3.05) is 5.73 Å². The molecule has 0 aliphatic heterocycles. The molecule has 0 fully saturated rings. The number of rotatable bonds is 7. The van der Waals surface area contributed by atoms with Crippen molar-refractivity contribution in [2.45, 2.75) is 46.4 Å². The lowest BCUT2D eigenvalue weighted by Crippen LogP contribution is -2.28. The number of carbonyl (C=O) groups is 1. The number of aryl methyl sites for hydroxylation is 1. The van der Waals surface area contributed by atoms with E-state index in [-0.39, 0.29) is 18.6 Å². The third kappa shape index (κ3) is 5.02. The first-order valence-corrected chi connectivity index (χ1v) is 7.80. The lowest BCUT2D eigenvalue weighted by Gasteiger charge is -2.13. The summed E-state index contributed by atoms with van der Waals surface area (Å²) in [6.45, 7) is 6.55. The van der Waals surface area contributed by atoms with E-state index >= 15 is 0 Å². The molecule has 0 bridgehead atoms. The zero-order valence-electron chi connectivity index (χ0n) is 13.9. The van der Waals surface area contributed by atoms with E-state index in [0.717, 1.165) is 23.4 Å². The molecule has 0 saturated carbocycles. The molecule has 2 aromatic rings. The van der Waals surface area contributed by atoms with Gasteiger partial charge < -0.3 is 15.8 Å². The number of hydrogen-bond donors (Lipinski definition) is 2. The predicted octanol–water partition coefficient (Wildman–Crippen LogP) is 2.27. The summed E-state index contributed by atoms with van der Waals surface area (Å²) in [6.07, 6.45) is 1.16. The minimum Gasteiger partial charge on any atom is -0.491 e. The number of aromatic nitrogens is 2. The van der Waals surface area contributed by atoms with E-state index in [1.54, 1.807) is 6.07 Å². The summed E-state index contributed by atoms with van der Waals surface area (Å²) in [5.41, 5.74) is 7.58. The molecule has 0 spiro atoms. The zero-order valence-corrected chi connectivity index (χ0v) is 13.9. The van der Waals surface area contributed by atoms with E-state index < -0.39 is 0 Å². The topological polar surface area (TPSA) is 82.2 Å². The molecule has 0 aliphatic carbocycles. The number of nitrogen functional groups attached to an aromatic ring is 1. The number of nitrogens with one attached hydrogen (secondary N) is 1. The van der Waals surface area contributed by atoms with Crippen molar-refractivity contribution in [3.8, 4) is 5.75 Å². The molecule has 6 heteroatoms. The average Bonchev–Trinajstić information content (AvgIpc) is 2.84. The van der Waals surface area contributed by atoms with Crippen molar-refractivity contribution < 1.29 is 9.53 Å². The van der Waals surface area contributed by atoms with E-state index in [9.17, 15) is 4.79 Å². The van der Waals surface area contributed by atoms with E-state index in [0.29, 0.717) is 12.4 Å². The van der Waals surface area contributed by atoms with E-state index in [2.05, 4.69) is 17.3 Å². The molecular weight excluding hydrogens is 292 g/mol. The number of hydrogen-bond acceptors (Lipinski definition) is 4. The summed E-state index contributed by atoms with van der Waals surface area (Å²) in [7, 11) is 0. The number of nitrogens with two attached hydrogens (primary N) is 1. The van der Waals surface area contributed by atoms with Gasteiger partial charge in [-0.1, -0.05) is 19.1 Å². The number of nitrogens with zero attached hydrogens (tertiary/aromatic N) is 2. The van der Waals surface area contributed by atoms with Crippen LogP contribution in [-0.2, 0) is 17.9 Å². The van der Waals surface area contributed by atoms with Gasteiger partial charge in [0.25, 0.3) is 0 Å². The first kappa shape index (κ1) is 16.9. The fourth-order valence-corrected chi connectivity index (χ4v) is 2.09. The largest absolute Gasteiger partial charge is 0.491 e. The van der Waals surface area contributed by atoms with Crippen molar-refractivity contribution >= 4 is 11.7 Å². The van der Waals surface area contributed by atoms with Crippen LogP contribution in [0.15, 0.2) is 30.3 Å². The molecule has 1 heterocycles. The number of anilines is 1. The molecule has 0 saturated heterocycles. The van der Waals surface area contributed by atoms with Crippen LogP contribution in [0.25, 0.3) is 0 Å². The summed E-state index contributed by atoms with van der Waals surface area (Å²) in [5.74, 6) is 1.21. The van der Waals surface area contributed by atoms with Gasteiger partial charge in [0.15, 0.2) is 0 Å². The Hall–Kier alpha value is -2.50. The van der Waals surface area contributed by atoms with Crippen LogP contribution in [-0.4, -0.2) is 21.8 Å². The Bertz CT molecular complexity index is 649. The highest BCUT2D eigenvalue weighted by Gasteiger charge is 2.07. The van der Waals surface area contributed by atoms with Crippen LogP contribution < -0.4 is 15.8 Å². The van der Waals surface area contributed by atoms with Crippen LogP contribution in [0.2, 0.25) is 0 Å². The second-order valence-corrected chi connectivity index (χ2v) is 5.63. The van der Waals surface area contributed by atoms with Crippen LogP contribution in [0.3, 0.4) is 0 Å². The Labute approximate surface area is 136 Å². The van der Waals surface area contributed by atoms with Crippen molar-refractivity contribution in [1.82, 2.24) is 15.1 Å². The maximum absolute atomic E-state index is 11.9. The lowest BCUT2D eigenvalue weighted by molar-refractivity contribution is -0.122. The number of carbonyl (C=O) groups excluding carboxylic acids is 1. The molecule has 124 valence electrons. The van der Waals surface area contributed by atoms with Gasteiger partial charge in [0.2, 0.25) is 5.91 Å². The van der Waals surface area contributed by atoms with Gasteiger partial charge in [0.1, 0.15) is 18.1 Å². The highest BCUT2D eigenvalue weighted by molar-refractivity contribution is 5.76. The van der Waals surface area contributed by atoms with Gasteiger partial charge in [-0.05, 0) is 38.0 Å². The van der Waals surface area contributed by atoms with E-state index in [1.165, 1.54) is 4.68 Å². The fourth-order valence-electron chi connectivity index (χ4n) is 2.09. The average molecular weight is 316 g/mol. The van der Waals surface area contributed by atoms with Gasteiger partial charge >= 0.3 is 0 Å². The molecule has 2 rings (SSSR count). The molecule has 23 heavy (non-hydrogen) atoms. The van der Waals surface area contributed by atoms with Crippen molar-refractivity contribution in [2.24, 2.45) is 0 Å². The quantitative estimate of drug-likeness (QED) is 0.821. The van der Waals surface area contributed by atoms with Gasteiger partial charge in [0.05, 0.1) is 11.8 Å². The smallest absolute Gasteiger partial charge is 0.242 e. The SMILES string of the molecule is CCC(C)Oc1ccc(CNC(=O)Cn2nc(C)cc2N)cc1. The lowest BCUT2D eigenvalue weighted by atomic mass is 10.2. The van der Waals surface area contributed by atoms with Crippen molar-refractivity contribution in [1.29, 1.82) is 0 Å². The van der Waals surface area contributed by atoms with Crippen LogP contribution in [0, 0.1) is 6.92 Å². The molecular formula is C17H24N4O2. The highest BCUT2D eigenvalue weighted by Crippen LogP contribution is 2.14. The minimum atomic E-state index is -0.125. The molecule has 1 aromatic heterocycles. The molecule has 0 aliphatic rings. The maximum atomic E-state index is 11.9. The summed E-state index contributed by atoms with van der Waals surface area (Å²) in [6, 6.07) is 9.48. The van der Waals surface area contributed by atoms with Crippen molar-refractivity contribution in [3.63, 3.8) is 0 Å². The molecule has 3 N–H and O–H groups in total. The molecule has 1 atom stereocenters. The van der Waals surface area contributed by atoms with Gasteiger partial charge in [-0.3, -0.25) is 4.79 Å². The zero-order chi connectivity index (χ0) is 16.8. The van der Waals surface area contributed by atoms with Gasteiger partial charge in [-0.2, -0.15) is 5.10 Å². The van der Waals surface area contributed by atoms with Crippen LogP contribution in [0.4, 0.5) is 5.82 Å². The predicted molar refractivity (Wildman–Crippen MR) is 90.0 cm³/mol. The number of ether oxygens (including phenoxy) is 1. The Kier molecular flexibility index (Phi) is 5.62. The summed E-state index contributed by atoms with van der Waals surface area (Å²) >= 11 is 0. The summed E-state index contributed by atoms with van der Waals surface area (Å²) in [5, 5.41) is 7.03. The summed E-state index contributed by atoms with van der Waals surface area (Å²) in [4.78, 5) is 11.9. The van der Waals surface area contributed by atoms with Crippen molar-refractivity contribution in [3.05, 3.63) is 41.6 Å².